The second kappa shape index (κ2) is 3.60. The van der Waals surface area contributed by atoms with E-state index in [0.29, 0.717) is 0 Å². The van der Waals surface area contributed by atoms with Crippen molar-refractivity contribution in [3.63, 3.8) is 0 Å². The summed E-state index contributed by atoms with van der Waals surface area (Å²) in [4.78, 5) is 12.5. The van der Waals surface area contributed by atoms with Gasteiger partial charge in [0.2, 0.25) is 0 Å². The lowest BCUT2D eigenvalue weighted by Crippen LogP contribution is -2.30. The molecular weight excluding hydrogens is 182 g/mol. The summed E-state index contributed by atoms with van der Waals surface area (Å²) in [6, 6.07) is 3.47. The lowest BCUT2D eigenvalue weighted by atomic mass is 10.1. The van der Waals surface area contributed by atoms with Crippen LogP contribution in [0.15, 0.2) is 17.5 Å². The van der Waals surface area contributed by atoms with E-state index in [0.717, 1.165) is 17.2 Å². The van der Waals surface area contributed by atoms with Crippen LogP contribution in [0, 0.1) is 5.92 Å². The Bertz CT molecular complexity index is 290. The molecule has 70 valence electrons. The van der Waals surface area contributed by atoms with Crippen LogP contribution in [0.5, 0.6) is 0 Å². The molecule has 1 unspecified atom stereocenters. The smallest absolute Gasteiger partial charge is 0.189 e. The van der Waals surface area contributed by atoms with Gasteiger partial charge in [0.15, 0.2) is 5.78 Å². The number of hydrogen-bond donors (Lipinski definition) is 1. The molecule has 3 heteroatoms. The summed E-state index contributed by atoms with van der Waals surface area (Å²) < 4.78 is 0. The van der Waals surface area contributed by atoms with Gasteiger partial charge in [-0.1, -0.05) is 18.9 Å². The fraction of sp³-hybridized carbons (Fsp3) is 0.500. The molecule has 1 saturated carbocycles. The number of thiophene rings is 1. The topological polar surface area (TPSA) is 43.1 Å². The molecule has 0 radical (unpaired) electrons. The van der Waals surface area contributed by atoms with E-state index >= 15 is 0 Å². The third-order valence-corrected chi connectivity index (χ3v) is 3.27. The zero-order valence-corrected chi connectivity index (χ0v) is 8.22. The predicted molar refractivity (Wildman–Crippen MR) is 54.0 cm³/mol. The molecule has 1 fully saturated rings. The molecule has 2 nitrogen and oxygen atoms in total. The summed E-state index contributed by atoms with van der Waals surface area (Å²) in [5.41, 5.74) is 5.81. The number of ketones is 1. The van der Waals surface area contributed by atoms with Gasteiger partial charge in [0, 0.05) is 0 Å². The quantitative estimate of drug-likeness (QED) is 0.747. The maximum atomic E-state index is 11.7. The van der Waals surface area contributed by atoms with Crippen LogP contribution in [0.3, 0.4) is 0 Å². The Hall–Kier alpha value is -0.670. The van der Waals surface area contributed by atoms with Crippen molar-refractivity contribution in [2.75, 3.05) is 0 Å². The molecule has 1 aromatic rings. The molecule has 1 heterocycles. The fourth-order valence-corrected chi connectivity index (χ4v) is 2.15. The predicted octanol–water partition coefficient (Wildman–Crippen LogP) is 2.06. The highest BCUT2D eigenvalue weighted by molar-refractivity contribution is 7.12. The zero-order valence-electron chi connectivity index (χ0n) is 7.40. The van der Waals surface area contributed by atoms with Gasteiger partial charge >= 0.3 is 0 Å². The molecule has 0 spiro atoms. The summed E-state index contributed by atoms with van der Waals surface area (Å²) >= 11 is 1.48. The largest absolute Gasteiger partial charge is 0.321 e. The maximum absolute atomic E-state index is 11.7. The van der Waals surface area contributed by atoms with E-state index in [-0.39, 0.29) is 11.8 Å². The van der Waals surface area contributed by atoms with E-state index < -0.39 is 0 Å². The molecule has 0 aromatic carbocycles. The molecule has 0 amide bonds. The first-order chi connectivity index (χ1) is 6.27. The maximum Gasteiger partial charge on any atom is 0.189 e. The normalized spacial score (nSPS) is 18.5. The summed E-state index contributed by atoms with van der Waals surface area (Å²) in [7, 11) is 0. The van der Waals surface area contributed by atoms with Crippen molar-refractivity contribution in [3.8, 4) is 0 Å². The van der Waals surface area contributed by atoms with Crippen molar-refractivity contribution >= 4 is 17.1 Å². The average molecular weight is 195 g/mol. The Kier molecular flexibility index (Phi) is 2.47. The Balaban J connectivity index is 1.95. The number of Topliss-reactive ketones (excluding diaryl/α,β-unsaturated/α-hetero) is 1. The van der Waals surface area contributed by atoms with Gasteiger partial charge in [0.05, 0.1) is 10.9 Å². The molecule has 1 atom stereocenters. The molecule has 1 aliphatic rings. The standard InChI is InChI=1S/C10H13NOS/c11-8(6-7-3-4-7)10(12)9-2-1-5-13-9/h1-2,5,7-8H,3-4,6,11H2. The highest BCUT2D eigenvalue weighted by atomic mass is 32.1. The van der Waals surface area contributed by atoms with Crippen LogP contribution in [0.4, 0.5) is 0 Å². The van der Waals surface area contributed by atoms with E-state index in [2.05, 4.69) is 0 Å². The lowest BCUT2D eigenvalue weighted by Gasteiger charge is -2.07. The highest BCUT2D eigenvalue weighted by Gasteiger charge is 2.27. The second-order valence-electron chi connectivity index (χ2n) is 3.63. The first-order valence-corrected chi connectivity index (χ1v) is 5.48. The van der Waals surface area contributed by atoms with E-state index in [1.165, 1.54) is 24.2 Å². The van der Waals surface area contributed by atoms with Crippen molar-refractivity contribution in [1.29, 1.82) is 0 Å². The number of nitrogens with two attached hydrogens (primary N) is 1. The van der Waals surface area contributed by atoms with Crippen LogP contribution in [0.1, 0.15) is 28.9 Å². The van der Waals surface area contributed by atoms with Gasteiger partial charge in [0.1, 0.15) is 0 Å². The van der Waals surface area contributed by atoms with Crippen LogP contribution >= 0.6 is 11.3 Å². The van der Waals surface area contributed by atoms with Crippen LogP contribution in [-0.2, 0) is 0 Å². The van der Waals surface area contributed by atoms with Gasteiger partial charge in [-0.05, 0) is 23.8 Å². The highest BCUT2D eigenvalue weighted by Crippen LogP contribution is 2.33. The van der Waals surface area contributed by atoms with Crippen molar-refractivity contribution < 1.29 is 4.79 Å². The van der Waals surface area contributed by atoms with Crippen LogP contribution < -0.4 is 5.73 Å². The van der Waals surface area contributed by atoms with Gasteiger partial charge in [-0.25, -0.2) is 0 Å². The van der Waals surface area contributed by atoms with Crippen LogP contribution in [-0.4, -0.2) is 11.8 Å². The Morgan fingerprint density at radius 2 is 2.46 bits per heavy atom. The van der Waals surface area contributed by atoms with Gasteiger partial charge in [-0.2, -0.15) is 0 Å². The van der Waals surface area contributed by atoms with Crippen LogP contribution in [0.2, 0.25) is 0 Å². The molecule has 0 saturated heterocycles. The molecule has 2 N–H and O–H groups in total. The van der Waals surface area contributed by atoms with Crippen molar-refractivity contribution in [2.45, 2.75) is 25.3 Å². The summed E-state index contributed by atoms with van der Waals surface area (Å²) in [5.74, 6) is 0.834. The molecule has 0 bridgehead atoms. The minimum absolute atomic E-state index is 0.113. The third-order valence-electron chi connectivity index (χ3n) is 2.38. The van der Waals surface area contributed by atoms with Crippen molar-refractivity contribution in [1.82, 2.24) is 0 Å². The molecule has 2 rings (SSSR count). The first kappa shape index (κ1) is 8.91. The van der Waals surface area contributed by atoms with E-state index in [9.17, 15) is 4.79 Å². The monoisotopic (exact) mass is 195 g/mol. The summed E-state index contributed by atoms with van der Waals surface area (Å²) in [5, 5.41) is 1.91. The number of carbonyl (C=O) groups excluding carboxylic acids is 1. The van der Waals surface area contributed by atoms with Gasteiger partial charge in [-0.15, -0.1) is 11.3 Å². The molecule has 1 aromatic heterocycles. The summed E-state index contributed by atoms with van der Waals surface area (Å²) in [6.07, 6.45) is 3.38. The Morgan fingerprint density at radius 3 is 3.00 bits per heavy atom. The number of hydrogen-bond acceptors (Lipinski definition) is 3. The van der Waals surface area contributed by atoms with E-state index in [1.807, 2.05) is 17.5 Å². The van der Waals surface area contributed by atoms with Crippen molar-refractivity contribution in [3.05, 3.63) is 22.4 Å². The van der Waals surface area contributed by atoms with E-state index in [1.54, 1.807) is 0 Å². The second-order valence-corrected chi connectivity index (χ2v) is 4.57. The van der Waals surface area contributed by atoms with Gasteiger partial charge in [0.25, 0.3) is 0 Å². The minimum Gasteiger partial charge on any atom is -0.321 e. The minimum atomic E-state index is -0.272. The first-order valence-electron chi connectivity index (χ1n) is 4.60. The molecule has 13 heavy (non-hydrogen) atoms. The SMILES string of the molecule is NC(CC1CC1)C(=O)c1cccs1. The van der Waals surface area contributed by atoms with Gasteiger partial charge < -0.3 is 5.73 Å². The lowest BCUT2D eigenvalue weighted by molar-refractivity contribution is 0.0958. The molecular formula is C10H13NOS. The molecule has 1 aliphatic carbocycles. The molecule has 0 aliphatic heterocycles. The Morgan fingerprint density at radius 1 is 1.69 bits per heavy atom. The zero-order chi connectivity index (χ0) is 9.26. The summed E-state index contributed by atoms with van der Waals surface area (Å²) in [6.45, 7) is 0. The fourth-order valence-electron chi connectivity index (χ4n) is 1.42. The average Bonchev–Trinajstić information content (AvgIpc) is 2.78. The Labute approximate surface area is 81.8 Å². The van der Waals surface area contributed by atoms with E-state index in [4.69, 9.17) is 5.73 Å². The number of carbonyl (C=O) groups is 1. The van der Waals surface area contributed by atoms with Crippen molar-refractivity contribution in [2.24, 2.45) is 11.7 Å². The van der Waals surface area contributed by atoms with Crippen LogP contribution in [0.25, 0.3) is 0 Å². The third kappa shape index (κ3) is 2.17. The van der Waals surface area contributed by atoms with Gasteiger partial charge in [-0.3, -0.25) is 4.79 Å². The number of rotatable bonds is 4.